The van der Waals surface area contributed by atoms with E-state index in [0.29, 0.717) is 17.9 Å². The second-order valence-corrected chi connectivity index (χ2v) is 7.97. The fourth-order valence-corrected chi connectivity index (χ4v) is 4.09. The number of hydrogen-bond donors (Lipinski definition) is 2. The van der Waals surface area contributed by atoms with E-state index >= 15 is 0 Å². The van der Waals surface area contributed by atoms with Crippen LogP contribution in [0.5, 0.6) is 11.5 Å². The lowest BCUT2D eigenvalue weighted by Gasteiger charge is -2.24. The summed E-state index contributed by atoms with van der Waals surface area (Å²) < 4.78 is 12.9. The number of nitrogens with one attached hydrogen (secondary N) is 2. The number of nitrogens with zero attached hydrogens (tertiary/aromatic N) is 3. The van der Waals surface area contributed by atoms with E-state index in [2.05, 4.69) is 15.7 Å². The van der Waals surface area contributed by atoms with Crippen LogP contribution in [0.2, 0.25) is 0 Å². The van der Waals surface area contributed by atoms with E-state index in [9.17, 15) is 4.79 Å². The molecule has 8 heteroatoms. The molecule has 1 aliphatic rings. The van der Waals surface area contributed by atoms with Crippen molar-refractivity contribution in [3.63, 3.8) is 0 Å². The lowest BCUT2D eigenvalue weighted by atomic mass is 9.92. The highest BCUT2D eigenvalue weighted by molar-refractivity contribution is 5.87. The zero-order valence-corrected chi connectivity index (χ0v) is 19.5. The number of carbonyl (C=O) groups excluding carboxylic acids is 1. The predicted molar refractivity (Wildman–Crippen MR) is 129 cm³/mol. The van der Waals surface area contributed by atoms with Crippen LogP contribution in [0.15, 0.2) is 54.9 Å². The molecule has 1 aromatic heterocycles. The Hall–Kier alpha value is -3.94. The van der Waals surface area contributed by atoms with Gasteiger partial charge in [-0.3, -0.25) is 9.58 Å². The third kappa shape index (κ3) is 4.37. The molecule has 33 heavy (non-hydrogen) atoms. The molecule has 0 saturated heterocycles. The van der Waals surface area contributed by atoms with Gasteiger partial charge < -0.3 is 20.1 Å². The Balaban J connectivity index is 1.79. The summed E-state index contributed by atoms with van der Waals surface area (Å²) in [6.07, 6.45) is 4.36. The number of fused-ring (bicyclic) bond motifs is 1. The van der Waals surface area contributed by atoms with Crippen molar-refractivity contribution in [2.24, 2.45) is 7.05 Å². The van der Waals surface area contributed by atoms with Crippen molar-refractivity contribution in [3.05, 3.63) is 71.6 Å². The van der Waals surface area contributed by atoms with Gasteiger partial charge in [0.2, 0.25) is 0 Å². The Morgan fingerprint density at radius 3 is 2.39 bits per heavy atom. The van der Waals surface area contributed by atoms with Crippen LogP contribution in [0.25, 0.3) is 5.57 Å². The highest BCUT2D eigenvalue weighted by atomic mass is 16.5. The topological polar surface area (TPSA) is 80.7 Å². The van der Waals surface area contributed by atoms with Crippen LogP contribution in [0.1, 0.15) is 23.6 Å². The number of aromatic nitrogens is 2. The molecule has 1 atom stereocenters. The van der Waals surface area contributed by atoms with Crippen molar-refractivity contribution >= 4 is 23.1 Å². The number of ether oxygens (including phenoxy) is 2. The molecule has 0 fully saturated rings. The van der Waals surface area contributed by atoms with Crippen molar-refractivity contribution < 1.29 is 14.3 Å². The zero-order chi connectivity index (χ0) is 23.5. The van der Waals surface area contributed by atoms with E-state index in [1.54, 1.807) is 37.0 Å². The maximum atomic E-state index is 12.7. The van der Waals surface area contributed by atoms with Gasteiger partial charge in [0, 0.05) is 43.7 Å². The summed E-state index contributed by atoms with van der Waals surface area (Å²) in [5.41, 5.74) is 4.97. The Morgan fingerprint density at radius 2 is 1.79 bits per heavy atom. The van der Waals surface area contributed by atoms with Gasteiger partial charge in [-0.15, -0.1) is 0 Å². The number of hydrogen-bond acceptors (Lipinski definition) is 5. The summed E-state index contributed by atoms with van der Waals surface area (Å²) in [7, 11) is 6.79. The van der Waals surface area contributed by atoms with E-state index in [4.69, 9.17) is 9.47 Å². The van der Waals surface area contributed by atoms with Crippen molar-refractivity contribution in [1.29, 1.82) is 0 Å². The molecule has 3 aromatic rings. The maximum absolute atomic E-state index is 12.7. The van der Waals surface area contributed by atoms with E-state index < -0.39 is 0 Å². The Kier molecular flexibility index (Phi) is 6.26. The van der Waals surface area contributed by atoms with Gasteiger partial charge >= 0.3 is 6.03 Å². The lowest BCUT2D eigenvalue weighted by Crippen LogP contribution is -2.40. The largest absolute Gasteiger partial charge is 0.493 e. The SMILES string of the molecule is CNC(=O)N1C=C(c2ccc(Nc3ccnn3C)cc2)c2cc(OC)c(OC)cc2CC1C. The molecule has 8 nitrogen and oxygen atoms in total. The molecular weight excluding hydrogens is 418 g/mol. The van der Waals surface area contributed by atoms with Gasteiger partial charge in [0.1, 0.15) is 5.82 Å². The molecular formula is C25H29N5O3. The molecule has 2 amide bonds. The van der Waals surface area contributed by atoms with Gasteiger partial charge in [0.05, 0.1) is 20.4 Å². The van der Waals surface area contributed by atoms with Gasteiger partial charge in [-0.2, -0.15) is 5.10 Å². The highest BCUT2D eigenvalue weighted by Crippen LogP contribution is 2.39. The Labute approximate surface area is 193 Å². The minimum atomic E-state index is -0.152. The van der Waals surface area contributed by atoms with E-state index in [0.717, 1.165) is 33.8 Å². The van der Waals surface area contributed by atoms with E-state index in [-0.39, 0.29) is 12.1 Å². The summed E-state index contributed by atoms with van der Waals surface area (Å²) in [6.45, 7) is 2.04. The molecule has 0 aliphatic carbocycles. The number of aryl methyl sites for hydroxylation is 1. The third-order valence-corrected chi connectivity index (χ3v) is 5.90. The van der Waals surface area contributed by atoms with Crippen molar-refractivity contribution in [3.8, 4) is 11.5 Å². The molecule has 2 N–H and O–H groups in total. The summed E-state index contributed by atoms with van der Waals surface area (Å²) in [5, 5.41) is 10.3. The number of urea groups is 1. The first kappa shape index (κ1) is 22.3. The van der Waals surface area contributed by atoms with Crippen LogP contribution in [0.3, 0.4) is 0 Å². The maximum Gasteiger partial charge on any atom is 0.321 e. The van der Waals surface area contributed by atoms with E-state index in [1.807, 2.05) is 62.6 Å². The van der Waals surface area contributed by atoms with Crippen molar-refractivity contribution in [1.82, 2.24) is 20.0 Å². The average molecular weight is 448 g/mol. The summed E-state index contributed by atoms with van der Waals surface area (Å²) in [6, 6.07) is 13.8. The monoisotopic (exact) mass is 447 g/mol. The Morgan fingerprint density at radius 1 is 1.09 bits per heavy atom. The molecule has 0 radical (unpaired) electrons. The van der Waals surface area contributed by atoms with Crippen LogP contribution in [0, 0.1) is 0 Å². The molecule has 0 saturated carbocycles. The van der Waals surface area contributed by atoms with Gasteiger partial charge in [-0.1, -0.05) is 12.1 Å². The van der Waals surface area contributed by atoms with Gasteiger partial charge in [-0.05, 0) is 54.3 Å². The second kappa shape index (κ2) is 9.28. The van der Waals surface area contributed by atoms with E-state index in [1.165, 1.54) is 0 Å². The highest BCUT2D eigenvalue weighted by Gasteiger charge is 2.26. The van der Waals surface area contributed by atoms with Crippen molar-refractivity contribution in [2.75, 3.05) is 26.6 Å². The number of methoxy groups -OCH3 is 2. The van der Waals surface area contributed by atoms with Crippen LogP contribution in [-0.4, -0.2) is 48.0 Å². The first-order valence-electron chi connectivity index (χ1n) is 10.8. The minimum Gasteiger partial charge on any atom is -0.493 e. The average Bonchev–Trinajstić information content (AvgIpc) is 3.17. The van der Waals surface area contributed by atoms with Gasteiger partial charge in [-0.25, -0.2) is 4.79 Å². The number of rotatable bonds is 5. The molecule has 4 rings (SSSR count). The minimum absolute atomic E-state index is 0.0370. The predicted octanol–water partition coefficient (Wildman–Crippen LogP) is 4.16. The first-order chi connectivity index (χ1) is 15.9. The third-order valence-electron chi connectivity index (χ3n) is 5.90. The number of anilines is 2. The Bertz CT molecular complexity index is 1180. The van der Waals surface area contributed by atoms with Crippen LogP contribution in [-0.2, 0) is 13.5 Å². The number of amides is 2. The quantitative estimate of drug-likeness (QED) is 0.614. The van der Waals surface area contributed by atoms with Gasteiger partial charge in [0.15, 0.2) is 11.5 Å². The van der Waals surface area contributed by atoms with Crippen LogP contribution in [0.4, 0.5) is 16.3 Å². The zero-order valence-electron chi connectivity index (χ0n) is 19.5. The van der Waals surface area contributed by atoms with Crippen molar-refractivity contribution in [2.45, 2.75) is 19.4 Å². The lowest BCUT2D eigenvalue weighted by molar-refractivity contribution is 0.205. The fraction of sp³-hybridized carbons (Fsp3) is 0.280. The fourth-order valence-electron chi connectivity index (χ4n) is 4.09. The number of carbonyl (C=O) groups is 1. The van der Waals surface area contributed by atoms with Crippen LogP contribution < -0.4 is 20.1 Å². The molecule has 172 valence electrons. The number of benzene rings is 2. The molecule has 0 spiro atoms. The molecule has 1 unspecified atom stereocenters. The molecule has 1 aliphatic heterocycles. The summed E-state index contributed by atoms with van der Waals surface area (Å²) in [4.78, 5) is 14.4. The molecule has 2 heterocycles. The normalized spacial score (nSPS) is 15.2. The van der Waals surface area contributed by atoms with Crippen LogP contribution >= 0.6 is 0 Å². The van der Waals surface area contributed by atoms with Gasteiger partial charge in [0.25, 0.3) is 0 Å². The molecule has 0 bridgehead atoms. The summed E-state index contributed by atoms with van der Waals surface area (Å²) in [5.74, 6) is 2.22. The standard InChI is InChI=1S/C25H29N5O3/c1-16-12-18-13-22(32-4)23(33-5)14-20(18)21(15-30(16)25(31)26-2)17-6-8-19(9-7-17)28-24-10-11-27-29(24)3/h6-11,13-16,28H,12H2,1-5H3,(H,26,31). The first-order valence-corrected chi connectivity index (χ1v) is 10.8. The summed E-state index contributed by atoms with van der Waals surface area (Å²) >= 11 is 0. The molecule has 2 aromatic carbocycles. The second-order valence-electron chi connectivity index (χ2n) is 7.97. The smallest absolute Gasteiger partial charge is 0.321 e.